The van der Waals surface area contributed by atoms with E-state index in [1.807, 2.05) is 29.8 Å². The summed E-state index contributed by atoms with van der Waals surface area (Å²) < 4.78 is 8.15. The van der Waals surface area contributed by atoms with Crippen molar-refractivity contribution in [3.05, 3.63) is 47.0 Å². The van der Waals surface area contributed by atoms with Gasteiger partial charge in [0, 0.05) is 18.5 Å². The van der Waals surface area contributed by atoms with Crippen LogP contribution in [0.2, 0.25) is 5.02 Å². The van der Waals surface area contributed by atoms with Crippen LogP contribution in [0.3, 0.4) is 0 Å². The number of fused-ring (bicyclic) bond motifs is 2. The number of hydrogen-bond acceptors (Lipinski definition) is 7. The van der Waals surface area contributed by atoms with E-state index in [-0.39, 0.29) is 18.9 Å². The minimum atomic E-state index is -0.427. The molecule has 160 valence electrons. The maximum Gasteiger partial charge on any atom is 0.338 e. The fourth-order valence-corrected chi connectivity index (χ4v) is 4.27. The third-order valence-electron chi connectivity index (χ3n) is 4.74. The summed E-state index contributed by atoms with van der Waals surface area (Å²) in [6.45, 7) is 0.237. The third-order valence-corrected chi connectivity index (χ3v) is 5.91. The molecule has 8 nitrogen and oxygen atoms in total. The van der Waals surface area contributed by atoms with Gasteiger partial charge in [-0.2, -0.15) is 0 Å². The molecule has 0 saturated heterocycles. The summed E-state index contributed by atoms with van der Waals surface area (Å²) in [7, 11) is 1.89. The molecule has 3 N–H and O–H groups in total. The number of ether oxygens (including phenoxy) is 1. The Bertz CT molecular complexity index is 1280. The largest absolute Gasteiger partial charge is 0.462 e. The van der Waals surface area contributed by atoms with E-state index in [2.05, 4.69) is 15.3 Å². The quantitative estimate of drug-likeness (QED) is 0.299. The SMILES string of the molecule is Cn1c(Nc2nc3ccc(Cl)cc3s2)nc2cc(C(=O)OCCCCC(N)=O)ccc21. The molecule has 0 unspecified atom stereocenters. The van der Waals surface area contributed by atoms with Crippen LogP contribution in [-0.4, -0.2) is 33.0 Å². The Kier molecular flexibility index (Phi) is 6.06. The highest BCUT2D eigenvalue weighted by atomic mass is 35.5. The van der Waals surface area contributed by atoms with Crippen LogP contribution in [0, 0.1) is 0 Å². The van der Waals surface area contributed by atoms with E-state index in [9.17, 15) is 9.59 Å². The van der Waals surface area contributed by atoms with Gasteiger partial charge < -0.3 is 20.4 Å². The van der Waals surface area contributed by atoms with Crippen molar-refractivity contribution in [1.29, 1.82) is 0 Å². The van der Waals surface area contributed by atoms with E-state index in [4.69, 9.17) is 22.1 Å². The molecule has 2 heterocycles. The molecule has 4 aromatic rings. The summed E-state index contributed by atoms with van der Waals surface area (Å²) >= 11 is 7.54. The Hall–Kier alpha value is -3.17. The third kappa shape index (κ3) is 4.78. The lowest BCUT2D eigenvalue weighted by Crippen LogP contribution is -2.11. The molecule has 0 aliphatic heterocycles. The molecule has 0 atom stereocenters. The van der Waals surface area contributed by atoms with Gasteiger partial charge >= 0.3 is 5.97 Å². The van der Waals surface area contributed by atoms with Gasteiger partial charge in [0.05, 0.1) is 33.4 Å². The summed E-state index contributed by atoms with van der Waals surface area (Å²) in [5, 5.41) is 4.60. The molecular formula is C21H20ClN5O3S. The van der Waals surface area contributed by atoms with Gasteiger partial charge in [-0.15, -0.1) is 0 Å². The minimum Gasteiger partial charge on any atom is -0.462 e. The average molecular weight is 458 g/mol. The highest BCUT2D eigenvalue weighted by Crippen LogP contribution is 2.31. The zero-order chi connectivity index (χ0) is 22.0. The van der Waals surface area contributed by atoms with Crippen molar-refractivity contribution in [2.24, 2.45) is 12.8 Å². The number of imidazole rings is 1. The van der Waals surface area contributed by atoms with Gasteiger partial charge in [0.25, 0.3) is 0 Å². The van der Waals surface area contributed by atoms with Crippen molar-refractivity contribution in [3.63, 3.8) is 0 Å². The van der Waals surface area contributed by atoms with Crippen LogP contribution in [0.5, 0.6) is 0 Å². The maximum absolute atomic E-state index is 12.3. The maximum atomic E-state index is 12.3. The number of benzene rings is 2. The molecule has 0 aliphatic carbocycles. The number of amides is 1. The standard InChI is InChI=1S/C21H20ClN5O3S/c1-27-16-8-5-12(19(29)30-9-3-2-4-18(23)28)10-15(16)24-20(27)26-21-25-14-7-6-13(22)11-17(14)31-21/h5-8,10-11H,2-4,9H2,1H3,(H2,23,28)(H,24,25,26). The Morgan fingerprint density at radius 2 is 2.00 bits per heavy atom. The van der Waals surface area contributed by atoms with Gasteiger partial charge in [-0.1, -0.05) is 22.9 Å². The fraction of sp³-hybridized carbons (Fsp3) is 0.238. The zero-order valence-electron chi connectivity index (χ0n) is 16.7. The number of anilines is 2. The molecule has 0 fully saturated rings. The molecule has 0 radical (unpaired) electrons. The summed E-state index contributed by atoms with van der Waals surface area (Å²) in [5.74, 6) is -0.174. The smallest absolute Gasteiger partial charge is 0.338 e. The zero-order valence-corrected chi connectivity index (χ0v) is 18.3. The van der Waals surface area contributed by atoms with Crippen molar-refractivity contribution in [3.8, 4) is 0 Å². The van der Waals surface area contributed by atoms with Crippen molar-refractivity contribution in [2.45, 2.75) is 19.3 Å². The van der Waals surface area contributed by atoms with Crippen LogP contribution in [0.4, 0.5) is 11.1 Å². The number of esters is 1. The minimum absolute atomic E-state index is 0.237. The number of aryl methyl sites for hydroxylation is 1. The number of nitrogens with two attached hydrogens (primary N) is 1. The first-order chi connectivity index (χ1) is 14.9. The normalized spacial score (nSPS) is 11.2. The van der Waals surface area contributed by atoms with Gasteiger partial charge in [0.15, 0.2) is 5.13 Å². The molecule has 0 saturated carbocycles. The molecule has 0 bridgehead atoms. The number of thiazole rings is 1. The van der Waals surface area contributed by atoms with Crippen LogP contribution >= 0.6 is 22.9 Å². The number of nitrogens with one attached hydrogen (secondary N) is 1. The number of rotatable bonds is 8. The Morgan fingerprint density at radius 3 is 2.81 bits per heavy atom. The molecule has 0 spiro atoms. The van der Waals surface area contributed by atoms with E-state index in [1.165, 1.54) is 11.3 Å². The Balaban J connectivity index is 1.47. The molecular weight excluding hydrogens is 438 g/mol. The van der Waals surface area contributed by atoms with Gasteiger partial charge in [0.2, 0.25) is 11.9 Å². The lowest BCUT2D eigenvalue weighted by Gasteiger charge is -2.05. The molecule has 1 amide bonds. The van der Waals surface area contributed by atoms with Gasteiger partial charge in [0.1, 0.15) is 0 Å². The van der Waals surface area contributed by atoms with Crippen molar-refractivity contribution in [1.82, 2.24) is 14.5 Å². The second kappa shape index (κ2) is 8.91. The highest BCUT2D eigenvalue weighted by Gasteiger charge is 2.14. The summed E-state index contributed by atoms with van der Waals surface area (Å²) in [6, 6.07) is 10.8. The Morgan fingerprint density at radius 1 is 1.16 bits per heavy atom. The number of hydrogen-bond donors (Lipinski definition) is 2. The molecule has 10 heteroatoms. The predicted octanol–water partition coefficient (Wildman–Crippen LogP) is 4.39. The monoisotopic (exact) mass is 457 g/mol. The van der Waals surface area contributed by atoms with Gasteiger partial charge in [-0.25, -0.2) is 14.8 Å². The number of halogens is 1. The number of nitrogens with zero attached hydrogens (tertiary/aromatic N) is 3. The van der Waals surface area contributed by atoms with Crippen LogP contribution < -0.4 is 11.1 Å². The first kappa shape index (κ1) is 21.1. The van der Waals surface area contributed by atoms with E-state index in [0.717, 1.165) is 15.7 Å². The number of unbranched alkanes of at least 4 members (excludes halogenated alkanes) is 1. The molecule has 4 rings (SSSR count). The molecule has 2 aromatic carbocycles. The van der Waals surface area contributed by atoms with Crippen LogP contribution in [0.1, 0.15) is 29.6 Å². The molecule has 0 aliphatic rings. The molecule has 31 heavy (non-hydrogen) atoms. The lowest BCUT2D eigenvalue weighted by molar-refractivity contribution is -0.118. The number of aromatic nitrogens is 3. The topological polar surface area (TPSA) is 112 Å². The summed E-state index contributed by atoms with van der Waals surface area (Å²) in [4.78, 5) is 32.2. The highest BCUT2D eigenvalue weighted by molar-refractivity contribution is 7.22. The van der Waals surface area contributed by atoms with Crippen molar-refractivity contribution >= 4 is 67.1 Å². The second-order valence-electron chi connectivity index (χ2n) is 7.01. The first-order valence-corrected chi connectivity index (χ1v) is 10.8. The van der Waals surface area contributed by atoms with Gasteiger partial charge in [-0.05, 0) is 49.2 Å². The van der Waals surface area contributed by atoms with Crippen LogP contribution in [0.25, 0.3) is 21.3 Å². The average Bonchev–Trinajstić information content (AvgIpc) is 3.27. The van der Waals surface area contributed by atoms with E-state index in [0.29, 0.717) is 40.0 Å². The van der Waals surface area contributed by atoms with Crippen LogP contribution in [-0.2, 0) is 16.6 Å². The predicted molar refractivity (Wildman–Crippen MR) is 122 cm³/mol. The van der Waals surface area contributed by atoms with Crippen molar-refractivity contribution in [2.75, 3.05) is 11.9 Å². The number of primary amides is 1. The van der Waals surface area contributed by atoms with E-state index in [1.54, 1.807) is 18.2 Å². The first-order valence-electron chi connectivity index (χ1n) is 9.66. The summed E-state index contributed by atoms with van der Waals surface area (Å²) in [5.41, 5.74) is 7.90. The fourth-order valence-electron chi connectivity index (χ4n) is 3.14. The lowest BCUT2D eigenvalue weighted by atomic mass is 10.2. The van der Waals surface area contributed by atoms with E-state index < -0.39 is 5.97 Å². The molecule has 2 aromatic heterocycles. The summed E-state index contributed by atoms with van der Waals surface area (Å²) in [6.07, 6.45) is 1.46. The number of carbonyl (C=O) groups is 2. The van der Waals surface area contributed by atoms with Crippen LogP contribution in [0.15, 0.2) is 36.4 Å². The van der Waals surface area contributed by atoms with Gasteiger partial charge in [-0.3, -0.25) is 4.79 Å². The van der Waals surface area contributed by atoms with Crippen molar-refractivity contribution < 1.29 is 14.3 Å². The Labute approximate surface area is 187 Å². The second-order valence-corrected chi connectivity index (χ2v) is 8.48. The number of carbonyl (C=O) groups excluding carboxylic acids is 2. The van der Waals surface area contributed by atoms with E-state index >= 15 is 0 Å².